The number of carbonyl (C=O) groups is 1. The molecule has 4 fully saturated rings. The Morgan fingerprint density at radius 2 is 1.83 bits per heavy atom. The van der Waals surface area contributed by atoms with Gasteiger partial charge < -0.3 is 10.6 Å². The van der Waals surface area contributed by atoms with E-state index in [1.165, 1.54) is 19.3 Å². The van der Waals surface area contributed by atoms with Crippen LogP contribution in [0.5, 0.6) is 0 Å². The molecule has 0 aromatic rings. The normalized spacial score (nSPS) is 53.1. The molecule has 3 heteroatoms. The lowest BCUT2D eigenvalue weighted by molar-refractivity contribution is -0.126. The molecule has 4 rings (SSSR count). The average molecular weight is 248 g/mol. The van der Waals surface area contributed by atoms with Crippen LogP contribution in [0, 0.1) is 29.6 Å². The van der Waals surface area contributed by atoms with E-state index < -0.39 is 0 Å². The Hall–Kier alpha value is -0.570. The zero-order valence-electron chi connectivity index (χ0n) is 11.2. The van der Waals surface area contributed by atoms with Gasteiger partial charge in [-0.3, -0.25) is 4.79 Å². The third-order valence-electron chi connectivity index (χ3n) is 6.04. The molecule has 0 aromatic heterocycles. The molecule has 0 radical (unpaired) electrons. The summed E-state index contributed by atoms with van der Waals surface area (Å²) in [6, 6.07) is 1.07. The molecule has 2 N–H and O–H groups in total. The first-order valence-electron chi connectivity index (χ1n) is 7.78. The highest BCUT2D eigenvalue weighted by Gasteiger charge is 2.65. The van der Waals surface area contributed by atoms with Crippen LogP contribution in [0.25, 0.3) is 0 Å². The second-order valence-corrected chi connectivity index (χ2v) is 7.10. The number of carbonyl (C=O) groups excluding carboxylic acids is 1. The Kier molecular flexibility index (Phi) is 2.48. The van der Waals surface area contributed by atoms with Crippen molar-refractivity contribution < 1.29 is 4.79 Å². The molecule has 100 valence electrons. The quantitative estimate of drug-likeness (QED) is 0.778. The van der Waals surface area contributed by atoms with Crippen LogP contribution in [0.15, 0.2) is 0 Å². The van der Waals surface area contributed by atoms with Gasteiger partial charge in [0.2, 0.25) is 5.91 Å². The van der Waals surface area contributed by atoms with Gasteiger partial charge in [-0.2, -0.15) is 0 Å². The van der Waals surface area contributed by atoms with Gasteiger partial charge in [0.05, 0.1) is 0 Å². The van der Waals surface area contributed by atoms with Crippen LogP contribution < -0.4 is 10.6 Å². The fraction of sp³-hybridized carbons (Fsp3) is 0.933. The van der Waals surface area contributed by atoms with Gasteiger partial charge in [-0.15, -0.1) is 0 Å². The summed E-state index contributed by atoms with van der Waals surface area (Å²) < 4.78 is 0. The molecular formula is C15H24N2O. The predicted octanol–water partition coefficient (Wildman–Crippen LogP) is 1.54. The summed E-state index contributed by atoms with van der Waals surface area (Å²) in [5.74, 6) is 4.26. The maximum atomic E-state index is 12.3. The summed E-state index contributed by atoms with van der Waals surface area (Å²) in [4.78, 5) is 12.3. The van der Waals surface area contributed by atoms with Crippen molar-refractivity contribution in [2.75, 3.05) is 6.54 Å². The molecule has 1 aliphatic heterocycles. The molecule has 6 atom stereocenters. The summed E-state index contributed by atoms with van der Waals surface area (Å²) in [5, 5.41) is 6.80. The third kappa shape index (κ3) is 1.63. The van der Waals surface area contributed by atoms with E-state index in [2.05, 4.69) is 17.6 Å². The van der Waals surface area contributed by atoms with Crippen molar-refractivity contribution in [2.24, 2.45) is 29.6 Å². The minimum Gasteiger partial charge on any atom is -0.353 e. The number of amides is 1. The maximum Gasteiger partial charge on any atom is 0.223 e. The summed E-state index contributed by atoms with van der Waals surface area (Å²) >= 11 is 0. The molecule has 3 nitrogen and oxygen atoms in total. The minimum atomic E-state index is 0.264. The molecule has 1 saturated heterocycles. The Morgan fingerprint density at radius 1 is 1.11 bits per heavy atom. The number of rotatable bonds is 2. The van der Waals surface area contributed by atoms with E-state index in [4.69, 9.17) is 0 Å². The van der Waals surface area contributed by atoms with Crippen LogP contribution in [0.3, 0.4) is 0 Å². The topological polar surface area (TPSA) is 41.1 Å². The second kappa shape index (κ2) is 3.96. The molecule has 3 saturated carbocycles. The molecule has 6 unspecified atom stereocenters. The molecule has 0 spiro atoms. The highest BCUT2D eigenvalue weighted by molar-refractivity contribution is 5.79. The van der Waals surface area contributed by atoms with E-state index in [1.807, 2.05) is 0 Å². The van der Waals surface area contributed by atoms with E-state index in [1.54, 1.807) is 0 Å². The summed E-state index contributed by atoms with van der Waals surface area (Å²) in [5.41, 5.74) is 0. The molecule has 0 aromatic carbocycles. The Balaban J connectivity index is 1.35. The van der Waals surface area contributed by atoms with Crippen LogP contribution in [-0.2, 0) is 4.79 Å². The number of nitrogens with one attached hydrogen (secondary N) is 2. The molecule has 18 heavy (non-hydrogen) atoms. The van der Waals surface area contributed by atoms with E-state index in [0.717, 1.165) is 43.1 Å². The predicted molar refractivity (Wildman–Crippen MR) is 69.9 cm³/mol. The highest BCUT2D eigenvalue weighted by Crippen LogP contribution is 2.65. The summed E-state index contributed by atoms with van der Waals surface area (Å²) in [6.07, 6.45) is 6.36. The monoisotopic (exact) mass is 248 g/mol. The van der Waals surface area contributed by atoms with Crippen molar-refractivity contribution in [2.45, 2.75) is 51.1 Å². The second-order valence-electron chi connectivity index (χ2n) is 7.10. The largest absolute Gasteiger partial charge is 0.353 e. The van der Waals surface area contributed by atoms with Gasteiger partial charge in [0.15, 0.2) is 0 Å². The number of fused-ring (bicyclic) bond motifs is 5. The molecule has 4 aliphatic rings. The van der Waals surface area contributed by atoms with Crippen LogP contribution >= 0.6 is 0 Å². The smallest absolute Gasteiger partial charge is 0.223 e. The average Bonchev–Trinajstić information content (AvgIpc) is 2.77. The summed E-state index contributed by atoms with van der Waals surface area (Å²) in [7, 11) is 0. The standard InChI is InChI=1S/C15H24N2O/c1-8-6-11(4-5-16-8)15(18)17-14-12-9-2-3-10(7-9)13(12)14/h8-14,16H,2-7H2,1H3,(H,17,18). The molecule has 1 amide bonds. The van der Waals surface area contributed by atoms with E-state index in [-0.39, 0.29) is 5.92 Å². The van der Waals surface area contributed by atoms with Crippen molar-refractivity contribution >= 4 is 5.91 Å². The zero-order valence-corrected chi connectivity index (χ0v) is 11.2. The first-order valence-corrected chi connectivity index (χ1v) is 7.78. The van der Waals surface area contributed by atoms with Gasteiger partial charge in [-0.25, -0.2) is 0 Å². The van der Waals surface area contributed by atoms with Gasteiger partial charge in [-0.05, 0) is 69.2 Å². The molecule has 2 bridgehead atoms. The van der Waals surface area contributed by atoms with Gasteiger partial charge in [0.1, 0.15) is 0 Å². The Bertz CT molecular complexity index is 354. The van der Waals surface area contributed by atoms with Crippen molar-refractivity contribution in [1.29, 1.82) is 0 Å². The van der Waals surface area contributed by atoms with Crippen LogP contribution in [-0.4, -0.2) is 24.5 Å². The number of hydrogen-bond acceptors (Lipinski definition) is 2. The van der Waals surface area contributed by atoms with Crippen molar-refractivity contribution in [1.82, 2.24) is 10.6 Å². The van der Waals surface area contributed by atoms with E-state index in [9.17, 15) is 4.79 Å². The molecule has 3 aliphatic carbocycles. The molecule has 1 heterocycles. The van der Waals surface area contributed by atoms with E-state index in [0.29, 0.717) is 18.0 Å². The number of piperidine rings is 1. The third-order valence-corrected chi connectivity index (χ3v) is 6.04. The lowest BCUT2D eigenvalue weighted by Crippen LogP contribution is -2.43. The van der Waals surface area contributed by atoms with Gasteiger partial charge >= 0.3 is 0 Å². The fourth-order valence-electron chi connectivity index (χ4n) is 5.17. The maximum absolute atomic E-state index is 12.3. The molecular weight excluding hydrogens is 224 g/mol. The van der Waals surface area contributed by atoms with Crippen LogP contribution in [0.1, 0.15) is 39.0 Å². The van der Waals surface area contributed by atoms with E-state index >= 15 is 0 Å². The van der Waals surface area contributed by atoms with Crippen LogP contribution in [0.2, 0.25) is 0 Å². The van der Waals surface area contributed by atoms with Crippen molar-refractivity contribution in [3.63, 3.8) is 0 Å². The first-order chi connectivity index (χ1) is 8.74. The zero-order chi connectivity index (χ0) is 12.3. The summed E-state index contributed by atoms with van der Waals surface area (Å²) in [6.45, 7) is 3.19. The van der Waals surface area contributed by atoms with Crippen LogP contribution in [0.4, 0.5) is 0 Å². The first kappa shape index (κ1) is 11.3. The SMILES string of the molecule is CC1CC(C(=O)NC2C3C4CCC(C4)C23)CCN1. The van der Waals surface area contributed by atoms with Gasteiger partial charge in [0.25, 0.3) is 0 Å². The lowest BCUT2D eigenvalue weighted by Gasteiger charge is -2.27. The Morgan fingerprint density at radius 3 is 2.50 bits per heavy atom. The fourth-order valence-corrected chi connectivity index (χ4v) is 5.17. The van der Waals surface area contributed by atoms with Gasteiger partial charge in [0, 0.05) is 18.0 Å². The lowest BCUT2D eigenvalue weighted by atomic mass is 9.92. The minimum absolute atomic E-state index is 0.264. The number of hydrogen-bond donors (Lipinski definition) is 2. The van der Waals surface area contributed by atoms with Crippen molar-refractivity contribution in [3.05, 3.63) is 0 Å². The highest BCUT2D eigenvalue weighted by atomic mass is 16.2. The van der Waals surface area contributed by atoms with Crippen molar-refractivity contribution in [3.8, 4) is 0 Å². The Labute approximate surface area is 109 Å². The van der Waals surface area contributed by atoms with Gasteiger partial charge in [-0.1, -0.05) is 0 Å².